The standard InChI is InChI=1S/C68H44N6/c69-45-49-42-62(48-20-18-30-56(40-48)74-66-34-16-14-32-60(66)64-44-58(36-38-68(64)74)72(53-25-9-3-10-26-53)54-27-11-4-12-28-54)50(46-70)41-61(49)47-19-17-29-55(39-47)73-65-33-15-13-31-59(65)63-43-57(35-37-67(63)73)71(51-21-5-1-6-22-51)52-23-7-2-8-24-52/h1-44H. The third kappa shape index (κ3) is 7.51. The number of fused-ring (bicyclic) bond motifs is 6. The fraction of sp³-hybridized carbons (Fsp3) is 0. The topological polar surface area (TPSA) is 63.9 Å². The van der Waals surface area contributed by atoms with Gasteiger partial charge in [0.2, 0.25) is 0 Å². The number of rotatable bonds is 10. The van der Waals surface area contributed by atoms with Crippen molar-refractivity contribution in [2.45, 2.75) is 0 Å². The maximum atomic E-state index is 10.9. The predicted molar refractivity (Wildman–Crippen MR) is 305 cm³/mol. The summed E-state index contributed by atoms with van der Waals surface area (Å²) in [5.74, 6) is 0. The maximum Gasteiger partial charge on any atom is 0.0998 e. The largest absolute Gasteiger partial charge is 0.310 e. The van der Waals surface area contributed by atoms with E-state index in [1.165, 1.54) is 0 Å². The van der Waals surface area contributed by atoms with E-state index in [0.717, 1.165) is 100 Å². The number of benzene rings is 11. The Morgan fingerprint density at radius 2 is 0.608 bits per heavy atom. The van der Waals surface area contributed by atoms with Gasteiger partial charge >= 0.3 is 0 Å². The third-order valence-corrected chi connectivity index (χ3v) is 14.1. The molecule has 0 amide bonds. The molecule has 6 heteroatoms. The molecule has 0 N–H and O–H groups in total. The van der Waals surface area contributed by atoms with Crippen LogP contribution in [0.25, 0.3) is 77.2 Å². The monoisotopic (exact) mass is 944 g/mol. The SMILES string of the molecule is N#Cc1cc(-c2cccc(-n3c4ccccc4c4cc(N(c5ccccc5)c5ccccc5)ccc43)c2)c(C#N)cc1-c1cccc(-n2c3ccccc3c3cc(N(c4ccccc4)c4ccccc4)ccc32)c1. The second-order valence-corrected chi connectivity index (χ2v) is 18.4. The van der Waals surface area contributed by atoms with Crippen molar-refractivity contribution in [3.8, 4) is 45.8 Å². The molecule has 6 nitrogen and oxygen atoms in total. The zero-order valence-corrected chi connectivity index (χ0v) is 40.1. The average Bonchev–Trinajstić information content (AvgIpc) is 4.00. The molecule has 0 bridgehead atoms. The van der Waals surface area contributed by atoms with Crippen molar-refractivity contribution in [2.24, 2.45) is 0 Å². The van der Waals surface area contributed by atoms with E-state index in [4.69, 9.17) is 0 Å². The lowest BCUT2D eigenvalue weighted by molar-refractivity contribution is 1.18. The Morgan fingerprint density at radius 3 is 0.973 bits per heavy atom. The van der Waals surface area contributed by atoms with Gasteiger partial charge in [0.1, 0.15) is 0 Å². The average molecular weight is 945 g/mol. The molecule has 0 aliphatic carbocycles. The van der Waals surface area contributed by atoms with Gasteiger partial charge in [-0.2, -0.15) is 10.5 Å². The van der Waals surface area contributed by atoms with Gasteiger partial charge in [-0.1, -0.05) is 133 Å². The highest BCUT2D eigenvalue weighted by Crippen LogP contribution is 2.43. The number of nitriles is 2. The molecule has 0 saturated carbocycles. The quantitative estimate of drug-likeness (QED) is 0.137. The first-order chi connectivity index (χ1) is 36.6. The Bertz CT molecular complexity index is 3970. The van der Waals surface area contributed by atoms with E-state index in [1.54, 1.807) is 0 Å². The minimum Gasteiger partial charge on any atom is -0.310 e. The van der Waals surface area contributed by atoms with Gasteiger partial charge < -0.3 is 18.9 Å². The van der Waals surface area contributed by atoms with Crippen LogP contribution in [0.1, 0.15) is 11.1 Å². The summed E-state index contributed by atoms with van der Waals surface area (Å²) in [4.78, 5) is 4.57. The number of anilines is 6. The summed E-state index contributed by atoms with van der Waals surface area (Å²) in [5.41, 5.74) is 16.7. The lowest BCUT2D eigenvalue weighted by Crippen LogP contribution is -2.09. The zero-order chi connectivity index (χ0) is 49.5. The normalized spacial score (nSPS) is 11.2. The molecule has 2 aromatic heterocycles. The molecule has 346 valence electrons. The lowest BCUT2D eigenvalue weighted by atomic mass is 9.91. The van der Waals surface area contributed by atoms with Crippen LogP contribution in [0.4, 0.5) is 34.1 Å². The zero-order valence-electron chi connectivity index (χ0n) is 40.1. The van der Waals surface area contributed by atoms with Crippen molar-refractivity contribution in [1.82, 2.24) is 9.13 Å². The summed E-state index contributed by atoms with van der Waals surface area (Å²) in [6.45, 7) is 0. The molecule has 0 fully saturated rings. The molecule has 0 saturated heterocycles. The molecule has 0 radical (unpaired) electrons. The van der Waals surface area contributed by atoms with Crippen molar-refractivity contribution in [1.29, 1.82) is 10.5 Å². The minimum atomic E-state index is 0.487. The summed E-state index contributed by atoms with van der Waals surface area (Å²) in [7, 11) is 0. The van der Waals surface area contributed by atoms with Crippen LogP contribution in [0.5, 0.6) is 0 Å². The van der Waals surface area contributed by atoms with E-state index in [1.807, 2.05) is 60.7 Å². The molecule has 2 heterocycles. The number of para-hydroxylation sites is 6. The van der Waals surface area contributed by atoms with Crippen LogP contribution >= 0.6 is 0 Å². The van der Waals surface area contributed by atoms with Crippen molar-refractivity contribution < 1.29 is 0 Å². The van der Waals surface area contributed by atoms with Gasteiger partial charge in [0.05, 0.1) is 45.3 Å². The first kappa shape index (κ1) is 43.6. The Balaban J connectivity index is 0.888. The van der Waals surface area contributed by atoms with E-state index in [9.17, 15) is 10.5 Å². The fourth-order valence-corrected chi connectivity index (χ4v) is 10.8. The van der Waals surface area contributed by atoms with Gasteiger partial charge in [-0.3, -0.25) is 0 Å². The van der Waals surface area contributed by atoms with Crippen LogP contribution in [0.3, 0.4) is 0 Å². The van der Waals surface area contributed by atoms with Crippen molar-refractivity contribution >= 4 is 77.7 Å². The van der Waals surface area contributed by atoms with Gasteiger partial charge in [0.25, 0.3) is 0 Å². The summed E-state index contributed by atoms with van der Waals surface area (Å²) < 4.78 is 4.59. The summed E-state index contributed by atoms with van der Waals surface area (Å²) in [6.07, 6.45) is 0. The number of hydrogen-bond donors (Lipinski definition) is 0. The molecule has 13 aromatic rings. The van der Waals surface area contributed by atoms with Crippen LogP contribution in [-0.4, -0.2) is 9.13 Å². The molecule has 0 aliphatic rings. The highest BCUT2D eigenvalue weighted by atomic mass is 15.1. The molecular formula is C68H44N6. The Kier molecular flexibility index (Phi) is 10.8. The molecule has 13 rings (SSSR count). The van der Waals surface area contributed by atoms with Crippen molar-refractivity contribution in [3.05, 3.63) is 278 Å². The van der Waals surface area contributed by atoms with E-state index in [-0.39, 0.29) is 0 Å². The van der Waals surface area contributed by atoms with Gasteiger partial charge in [-0.25, -0.2) is 0 Å². The van der Waals surface area contributed by atoms with Crippen LogP contribution in [0.2, 0.25) is 0 Å². The van der Waals surface area contributed by atoms with Crippen LogP contribution in [0, 0.1) is 22.7 Å². The van der Waals surface area contributed by atoms with Crippen LogP contribution in [0.15, 0.2) is 267 Å². The number of hydrogen-bond acceptors (Lipinski definition) is 4. The predicted octanol–water partition coefficient (Wildman–Crippen LogP) is 17.9. The molecule has 0 spiro atoms. The first-order valence-corrected chi connectivity index (χ1v) is 24.7. The third-order valence-electron chi connectivity index (χ3n) is 14.1. The number of nitrogens with zero attached hydrogens (tertiary/aromatic N) is 6. The van der Waals surface area contributed by atoms with Gasteiger partial charge in [0, 0.05) is 78.2 Å². The van der Waals surface area contributed by atoms with E-state index in [0.29, 0.717) is 22.3 Å². The van der Waals surface area contributed by atoms with Crippen LogP contribution in [-0.2, 0) is 0 Å². The fourth-order valence-electron chi connectivity index (χ4n) is 10.8. The van der Waals surface area contributed by atoms with Crippen LogP contribution < -0.4 is 9.80 Å². The first-order valence-electron chi connectivity index (χ1n) is 24.7. The summed E-state index contributed by atoms with van der Waals surface area (Å²) in [5, 5.41) is 26.3. The lowest BCUT2D eigenvalue weighted by Gasteiger charge is -2.25. The van der Waals surface area contributed by atoms with E-state index >= 15 is 0 Å². The molecule has 74 heavy (non-hydrogen) atoms. The molecule has 0 aliphatic heterocycles. The van der Waals surface area contributed by atoms with E-state index < -0.39 is 0 Å². The molecule has 11 aromatic carbocycles. The van der Waals surface area contributed by atoms with Crippen molar-refractivity contribution in [2.75, 3.05) is 9.80 Å². The molecular weight excluding hydrogens is 901 g/mol. The second-order valence-electron chi connectivity index (χ2n) is 18.4. The Morgan fingerprint density at radius 1 is 0.270 bits per heavy atom. The second kappa shape index (κ2) is 18.4. The van der Waals surface area contributed by atoms with Crippen molar-refractivity contribution in [3.63, 3.8) is 0 Å². The smallest absolute Gasteiger partial charge is 0.0998 e. The maximum absolute atomic E-state index is 10.9. The highest BCUT2D eigenvalue weighted by molar-refractivity contribution is 6.12. The van der Waals surface area contributed by atoms with Gasteiger partial charge in [-0.05, 0) is 145 Å². The van der Waals surface area contributed by atoms with E-state index in [2.05, 4.69) is 237 Å². The Labute approximate surface area is 428 Å². The summed E-state index contributed by atoms with van der Waals surface area (Å²) >= 11 is 0. The van der Waals surface area contributed by atoms with Gasteiger partial charge in [0.15, 0.2) is 0 Å². The molecule has 0 unspecified atom stereocenters. The number of aromatic nitrogens is 2. The molecule has 0 atom stereocenters. The summed E-state index contributed by atoms with van der Waals surface area (Å²) in [6, 6.07) is 97.6. The minimum absolute atomic E-state index is 0.487. The van der Waals surface area contributed by atoms with Gasteiger partial charge in [-0.15, -0.1) is 0 Å². The Hall–Kier alpha value is -10.4. The highest BCUT2D eigenvalue weighted by Gasteiger charge is 2.21.